The largest absolute Gasteiger partial charge is 0.495 e. The van der Waals surface area contributed by atoms with E-state index in [1.165, 1.54) is 7.11 Å². The van der Waals surface area contributed by atoms with Crippen LogP contribution in [-0.4, -0.2) is 39.8 Å². The van der Waals surface area contributed by atoms with Crippen LogP contribution in [0.3, 0.4) is 0 Å². The van der Waals surface area contributed by atoms with Gasteiger partial charge in [0.2, 0.25) is 0 Å². The van der Waals surface area contributed by atoms with E-state index in [9.17, 15) is 4.79 Å². The molecule has 1 aromatic heterocycles. The smallest absolute Gasteiger partial charge is 0.404 e. The highest BCUT2D eigenvalue weighted by Crippen LogP contribution is 2.21. The Bertz CT molecular complexity index is 720. The number of benzene rings is 1. The number of hydrogen-bond donors (Lipinski definition) is 2. The average molecular weight is 315 g/mol. The number of aryl methyl sites for hydroxylation is 1. The fourth-order valence-electron chi connectivity index (χ4n) is 2.08. The molecule has 0 saturated carbocycles. The van der Waals surface area contributed by atoms with Gasteiger partial charge in [-0.05, 0) is 31.4 Å². The molecule has 0 radical (unpaired) electrons. The van der Waals surface area contributed by atoms with Crippen molar-refractivity contribution in [1.29, 1.82) is 5.26 Å². The summed E-state index contributed by atoms with van der Waals surface area (Å²) in [5, 5.41) is 27.9. The number of carboxylic acid groups (broad SMARTS) is 1. The van der Waals surface area contributed by atoms with Crippen LogP contribution in [0.1, 0.15) is 24.1 Å². The fraction of sp³-hybridized carbons (Fsp3) is 0.333. The SMILES string of the molecule is COc1cc(-n2cc(CCCCNC(=O)O)nn2)ccc1C#N. The Morgan fingerprint density at radius 2 is 2.30 bits per heavy atom. The van der Waals surface area contributed by atoms with E-state index in [0.717, 1.165) is 24.2 Å². The molecule has 0 spiro atoms. The van der Waals surface area contributed by atoms with Crippen molar-refractivity contribution in [2.45, 2.75) is 19.3 Å². The maximum atomic E-state index is 10.3. The van der Waals surface area contributed by atoms with Crippen molar-refractivity contribution in [3.63, 3.8) is 0 Å². The predicted octanol–water partition coefficient (Wildman–Crippen LogP) is 1.74. The molecule has 2 N–H and O–H groups in total. The summed E-state index contributed by atoms with van der Waals surface area (Å²) >= 11 is 0. The highest BCUT2D eigenvalue weighted by Gasteiger charge is 2.07. The van der Waals surface area contributed by atoms with Crippen LogP contribution in [0.15, 0.2) is 24.4 Å². The molecule has 0 fully saturated rings. The average Bonchev–Trinajstić information content (AvgIpc) is 3.02. The van der Waals surface area contributed by atoms with E-state index >= 15 is 0 Å². The molecule has 120 valence electrons. The van der Waals surface area contributed by atoms with Gasteiger partial charge in [0.25, 0.3) is 0 Å². The normalized spacial score (nSPS) is 10.1. The molecule has 0 aliphatic heterocycles. The summed E-state index contributed by atoms with van der Waals surface area (Å²) in [7, 11) is 1.51. The van der Waals surface area contributed by atoms with Crippen LogP contribution in [0.25, 0.3) is 5.69 Å². The summed E-state index contributed by atoms with van der Waals surface area (Å²) in [6, 6.07) is 7.24. The Kier molecular flexibility index (Phi) is 5.52. The van der Waals surface area contributed by atoms with Gasteiger partial charge in [-0.3, -0.25) is 0 Å². The minimum absolute atomic E-state index is 0.427. The summed E-state index contributed by atoms with van der Waals surface area (Å²) < 4.78 is 6.80. The van der Waals surface area contributed by atoms with Crippen molar-refractivity contribution < 1.29 is 14.6 Å². The quantitative estimate of drug-likeness (QED) is 0.752. The molecule has 0 bridgehead atoms. The number of unbranched alkanes of at least 4 members (excludes halogenated alkanes) is 1. The number of nitriles is 1. The topological polar surface area (TPSA) is 113 Å². The molecule has 23 heavy (non-hydrogen) atoms. The number of nitrogens with one attached hydrogen (secondary N) is 1. The maximum Gasteiger partial charge on any atom is 0.404 e. The van der Waals surface area contributed by atoms with Gasteiger partial charge in [-0.25, -0.2) is 9.48 Å². The van der Waals surface area contributed by atoms with E-state index in [1.54, 1.807) is 22.9 Å². The highest BCUT2D eigenvalue weighted by molar-refractivity contribution is 5.64. The molecule has 1 heterocycles. The van der Waals surface area contributed by atoms with Crippen molar-refractivity contribution in [1.82, 2.24) is 20.3 Å². The van der Waals surface area contributed by atoms with Gasteiger partial charge in [-0.2, -0.15) is 5.26 Å². The van der Waals surface area contributed by atoms with Gasteiger partial charge in [0.1, 0.15) is 11.8 Å². The summed E-state index contributed by atoms with van der Waals surface area (Å²) in [5.41, 5.74) is 2.04. The first-order chi connectivity index (χ1) is 11.1. The lowest BCUT2D eigenvalue weighted by Crippen LogP contribution is -2.21. The van der Waals surface area contributed by atoms with E-state index in [4.69, 9.17) is 15.1 Å². The Morgan fingerprint density at radius 3 is 3.00 bits per heavy atom. The standard InChI is InChI=1S/C15H17N5O3/c1-23-14-8-13(6-5-11(14)9-16)20-10-12(18-19-20)4-2-3-7-17-15(21)22/h5-6,8,10,17H,2-4,7H2,1H3,(H,21,22). The summed E-state index contributed by atoms with van der Waals surface area (Å²) in [5.74, 6) is 0.488. The number of aromatic nitrogens is 3. The maximum absolute atomic E-state index is 10.3. The lowest BCUT2D eigenvalue weighted by Gasteiger charge is -2.05. The molecule has 8 heteroatoms. The van der Waals surface area contributed by atoms with Crippen LogP contribution in [0.4, 0.5) is 4.79 Å². The zero-order chi connectivity index (χ0) is 16.7. The van der Waals surface area contributed by atoms with Crippen molar-refractivity contribution in [3.8, 4) is 17.5 Å². The number of carbonyl (C=O) groups is 1. The van der Waals surface area contributed by atoms with Crippen molar-refractivity contribution in [2.24, 2.45) is 0 Å². The number of amides is 1. The molecule has 0 unspecified atom stereocenters. The van der Waals surface area contributed by atoms with Gasteiger partial charge in [0.15, 0.2) is 0 Å². The molecule has 1 aromatic carbocycles. The van der Waals surface area contributed by atoms with Crippen molar-refractivity contribution in [2.75, 3.05) is 13.7 Å². The Balaban J connectivity index is 1.96. The van der Waals surface area contributed by atoms with Crippen molar-refractivity contribution >= 4 is 6.09 Å². The van der Waals surface area contributed by atoms with Crippen LogP contribution < -0.4 is 10.1 Å². The second-order valence-corrected chi connectivity index (χ2v) is 4.84. The Morgan fingerprint density at radius 1 is 1.48 bits per heavy atom. The van der Waals surface area contributed by atoms with E-state index in [1.807, 2.05) is 6.20 Å². The second-order valence-electron chi connectivity index (χ2n) is 4.84. The third-order valence-electron chi connectivity index (χ3n) is 3.25. The van der Waals surface area contributed by atoms with Crippen LogP contribution in [0, 0.1) is 11.3 Å². The van der Waals surface area contributed by atoms with Gasteiger partial charge in [-0.15, -0.1) is 5.10 Å². The van der Waals surface area contributed by atoms with E-state index < -0.39 is 6.09 Å². The zero-order valence-electron chi connectivity index (χ0n) is 12.7. The van der Waals surface area contributed by atoms with Gasteiger partial charge in [0, 0.05) is 12.6 Å². The van der Waals surface area contributed by atoms with Gasteiger partial charge in [-0.1, -0.05) is 5.21 Å². The molecule has 2 rings (SSSR count). The predicted molar refractivity (Wildman–Crippen MR) is 81.6 cm³/mol. The van der Waals surface area contributed by atoms with E-state index in [-0.39, 0.29) is 0 Å². The summed E-state index contributed by atoms with van der Waals surface area (Å²) in [6.07, 6.45) is 3.07. The summed E-state index contributed by atoms with van der Waals surface area (Å²) in [6.45, 7) is 0.427. The lowest BCUT2D eigenvalue weighted by atomic mass is 10.2. The van der Waals surface area contributed by atoms with E-state index in [0.29, 0.717) is 24.3 Å². The van der Waals surface area contributed by atoms with Crippen LogP contribution in [0.5, 0.6) is 5.75 Å². The van der Waals surface area contributed by atoms with Crippen LogP contribution in [0.2, 0.25) is 0 Å². The highest BCUT2D eigenvalue weighted by atomic mass is 16.5. The Hall–Kier alpha value is -3.08. The lowest BCUT2D eigenvalue weighted by molar-refractivity contribution is 0.194. The monoisotopic (exact) mass is 315 g/mol. The van der Waals surface area contributed by atoms with Crippen LogP contribution in [-0.2, 0) is 6.42 Å². The molecule has 0 aliphatic carbocycles. The molecule has 2 aromatic rings. The zero-order valence-corrected chi connectivity index (χ0v) is 12.7. The first-order valence-electron chi connectivity index (χ1n) is 7.10. The first kappa shape index (κ1) is 16.3. The second kappa shape index (κ2) is 7.79. The minimum atomic E-state index is -1.01. The minimum Gasteiger partial charge on any atom is -0.495 e. The molecule has 8 nitrogen and oxygen atoms in total. The first-order valence-corrected chi connectivity index (χ1v) is 7.10. The van der Waals surface area contributed by atoms with Gasteiger partial charge >= 0.3 is 6.09 Å². The third-order valence-corrected chi connectivity index (χ3v) is 3.25. The number of rotatable bonds is 7. The van der Waals surface area contributed by atoms with Crippen molar-refractivity contribution in [3.05, 3.63) is 35.7 Å². The summed E-state index contributed by atoms with van der Waals surface area (Å²) in [4.78, 5) is 10.3. The van der Waals surface area contributed by atoms with Gasteiger partial charge < -0.3 is 15.2 Å². The molecule has 0 aliphatic rings. The number of ether oxygens (including phenoxy) is 1. The van der Waals surface area contributed by atoms with Gasteiger partial charge in [0.05, 0.1) is 30.3 Å². The molecule has 0 saturated heterocycles. The molecule has 1 amide bonds. The molecule has 0 atom stereocenters. The fourth-order valence-corrected chi connectivity index (χ4v) is 2.08. The molecular formula is C15H17N5O3. The number of methoxy groups -OCH3 is 1. The Labute approximate surface area is 133 Å². The number of nitrogens with zero attached hydrogens (tertiary/aromatic N) is 4. The van der Waals surface area contributed by atoms with Crippen LogP contribution >= 0.6 is 0 Å². The third kappa shape index (κ3) is 4.44. The van der Waals surface area contributed by atoms with E-state index in [2.05, 4.69) is 21.7 Å². The molecular weight excluding hydrogens is 298 g/mol. The number of hydrogen-bond acceptors (Lipinski definition) is 5.